The summed E-state index contributed by atoms with van der Waals surface area (Å²) in [6, 6.07) is 4.82. The number of methoxy groups -OCH3 is 1. The molecule has 2 aromatic rings. The number of halogens is 7. The summed E-state index contributed by atoms with van der Waals surface area (Å²) in [6.45, 7) is 1.58. The van der Waals surface area contributed by atoms with Crippen LogP contribution >= 0.6 is 23.4 Å². The number of nitrogens with zero attached hydrogens (tertiary/aromatic N) is 3. The highest BCUT2D eigenvalue weighted by molar-refractivity contribution is 7.98. The van der Waals surface area contributed by atoms with Gasteiger partial charge >= 0.3 is 30.3 Å². The molecular weight excluding hydrogens is 600 g/mol. The van der Waals surface area contributed by atoms with E-state index >= 15 is 0 Å². The van der Waals surface area contributed by atoms with Crippen LogP contribution in [0.5, 0.6) is 0 Å². The number of rotatable bonds is 6. The predicted octanol–water partition coefficient (Wildman–Crippen LogP) is 6.87. The molecule has 222 valence electrons. The van der Waals surface area contributed by atoms with Crippen LogP contribution in [0.15, 0.2) is 47.6 Å². The minimum absolute atomic E-state index is 0.153. The number of anilines is 1. The number of alkyl halides is 6. The van der Waals surface area contributed by atoms with E-state index in [1.807, 2.05) is 6.26 Å². The number of urea groups is 1. The smallest absolute Gasteiger partial charge is 0.417 e. The van der Waals surface area contributed by atoms with E-state index in [9.17, 15) is 40.7 Å². The molecule has 1 atom stereocenters. The van der Waals surface area contributed by atoms with Crippen LogP contribution in [-0.4, -0.2) is 54.3 Å². The number of carbonyl (C=O) groups excluding carboxylic acids is 3. The highest BCUT2D eigenvalue weighted by Gasteiger charge is 2.45. The number of benzene rings is 2. The molecule has 2 aromatic carbocycles. The third-order valence-corrected chi connectivity index (χ3v) is 7.35. The third kappa shape index (κ3) is 7.15. The lowest BCUT2D eigenvalue weighted by molar-refractivity contribution is -0.151. The highest BCUT2D eigenvalue weighted by atomic mass is 35.5. The van der Waals surface area contributed by atoms with Crippen molar-refractivity contribution in [3.8, 4) is 0 Å². The molecule has 0 aliphatic carbocycles. The van der Waals surface area contributed by atoms with Crippen molar-refractivity contribution in [2.45, 2.75) is 32.1 Å². The van der Waals surface area contributed by atoms with Gasteiger partial charge in [-0.2, -0.15) is 43.2 Å². The molecule has 0 saturated heterocycles. The number of thioether (sulfide) groups is 1. The SMILES string of the molecule is COC(=O)C(=O)N(C(=O)N1CC(C)(CCCSC)C(c2ccc(C(F)(F)F)c(Cl)c2)=N1)c1ccc(C(F)(F)F)cc1. The average Bonchev–Trinajstić information content (AvgIpc) is 3.24. The maximum Gasteiger partial charge on any atom is 0.417 e. The summed E-state index contributed by atoms with van der Waals surface area (Å²) in [5.41, 5.74) is -2.99. The standard InChI is InChI=1S/C26H24ClF6N3O4S/c1-24(11-4-12-41-3)14-35(34-20(24)15-5-10-18(19(27)13-15)26(31,32)33)23(39)36(21(37)22(38)40-2)17-8-6-16(7-9-17)25(28,29)30/h5-10,13H,4,11-12,14H2,1-3H3. The molecule has 0 aromatic heterocycles. The number of hydrogen-bond acceptors (Lipinski definition) is 6. The largest absolute Gasteiger partial charge is 0.462 e. The van der Waals surface area contributed by atoms with Crippen molar-refractivity contribution in [1.82, 2.24) is 5.01 Å². The molecule has 1 aliphatic rings. The van der Waals surface area contributed by atoms with Gasteiger partial charge in [-0.05, 0) is 66.8 Å². The van der Waals surface area contributed by atoms with Crippen LogP contribution in [0.4, 0.5) is 36.8 Å². The Hall–Kier alpha value is -3.26. The first kappa shape index (κ1) is 32.3. The van der Waals surface area contributed by atoms with Crippen molar-refractivity contribution in [3.63, 3.8) is 0 Å². The van der Waals surface area contributed by atoms with Gasteiger partial charge in [0.25, 0.3) is 0 Å². The Morgan fingerprint density at radius 2 is 1.71 bits per heavy atom. The van der Waals surface area contributed by atoms with Gasteiger partial charge in [0, 0.05) is 5.41 Å². The zero-order chi connectivity index (χ0) is 30.8. The predicted molar refractivity (Wildman–Crippen MR) is 142 cm³/mol. The van der Waals surface area contributed by atoms with Gasteiger partial charge < -0.3 is 4.74 Å². The van der Waals surface area contributed by atoms with Crippen LogP contribution in [0, 0.1) is 5.41 Å². The monoisotopic (exact) mass is 623 g/mol. The molecule has 7 nitrogen and oxygen atoms in total. The molecule has 15 heteroatoms. The molecule has 1 unspecified atom stereocenters. The highest BCUT2D eigenvalue weighted by Crippen LogP contribution is 2.40. The Bertz CT molecular complexity index is 1350. The molecule has 0 N–H and O–H groups in total. The number of ether oxygens (including phenoxy) is 1. The second-order valence-electron chi connectivity index (χ2n) is 9.32. The summed E-state index contributed by atoms with van der Waals surface area (Å²) < 4.78 is 83.5. The quantitative estimate of drug-likeness (QED) is 0.152. The van der Waals surface area contributed by atoms with Crippen molar-refractivity contribution in [3.05, 3.63) is 64.2 Å². The van der Waals surface area contributed by atoms with Crippen LogP contribution in [0.1, 0.15) is 36.5 Å². The van der Waals surface area contributed by atoms with E-state index in [0.29, 0.717) is 29.9 Å². The van der Waals surface area contributed by atoms with Gasteiger partial charge in [0.2, 0.25) is 0 Å². The third-order valence-electron chi connectivity index (χ3n) is 6.34. The van der Waals surface area contributed by atoms with Crippen molar-refractivity contribution >= 4 is 52.7 Å². The van der Waals surface area contributed by atoms with E-state index in [4.69, 9.17) is 11.6 Å². The number of amides is 3. The van der Waals surface area contributed by atoms with Gasteiger partial charge in [0.05, 0.1) is 41.2 Å². The molecule has 1 heterocycles. The Labute approximate surface area is 240 Å². The van der Waals surface area contributed by atoms with Crippen molar-refractivity contribution in [2.24, 2.45) is 10.5 Å². The summed E-state index contributed by atoms with van der Waals surface area (Å²) in [5, 5.41) is 4.59. The second kappa shape index (κ2) is 12.3. The first-order valence-electron chi connectivity index (χ1n) is 11.9. The van der Waals surface area contributed by atoms with Gasteiger partial charge in [-0.1, -0.05) is 24.6 Å². The fourth-order valence-electron chi connectivity index (χ4n) is 4.30. The van der Waals surface area contributed by atoms with Crippen LogP contribution in [0.2, 0.25) is 5.02 Å². The number of esters is 1. The van der Waals surface area contributed by atoms with Crippen LogP contribution < -0.4 is 4.90 Å². The van der Waals surface area contributed by atoms with Gasteiger partial charge in [-0.15, -0.1) is 0 Å². The normalized spacial score (nSPS) is 17.3. The lowest BCUT2D eigenvalue weighted by Gasteiger charge is -2.28. The summed E-state index contributed by atoms with van der Waals surface area (Å²) in [4.78, 5) is 38.9. The minimum Gasteiger partial charge on any atom is -0.462 e. The Balaban J connectivity index is 2.08. The van der Waals surface area contributed by atoms with E-state index in [2.05, 4.69) is 9.84 Å². The minimum atomic E-state index is -4.70. The maximum atomic E-state index is 13.7. The fraction of sp³-hybridized carbons (Fsp3) is 0.385. The van der Waals surface area contributed by atoms with E-state index < -0.39 is 51.8 Å². The lowest BCUT2D eigenvalue weighted by atomic mass is 9.78. The van der Waals surface area contributed by atoms with Crippen LogP contribution in [0.25, 0.3) is 0 Å². The fourth-order valence-corrected chi connectivity index (χ4v) is 5.02. The Morgan fingerprint density at radius 3 is 2.22 bits per heavy atom. The molecule has 0 spiro atoms. The first-order valence-corrected chi connectivity index (χ1v) is 13.7. The lowest BCUT2D eigenvalue weighted by Crippen LogP contribution is -2.48. The zero-order valence-corrected chi connectivity index (χ0v) is 23.5. The van der Waals surface area contributed by atoms with Crippen LogP contribution in [-0.2, 0) is 26.7 Å². The molecule has 0 saturated carbocycles. The number of hydrogen-bond donors (Lipinski definition) is 0. The second-order valence-corrected chi connectivity index (χ2v) is 10.7. The number of carbonyl (C=O) groups is 3. The molecule has 3 rings (SSSR count). The molecule has 0 fully saturated rings. The number of imide groups is 1. The summed E-state index contributed by atoms with van der Waals surface area (Å²) in [5.74, 6) is -2.22. The van der Waals surface area contributed by atoms with Gasteiger partial charge in [-0.3, -0.25) is 4.79 Å². The molecule has 3 amide bonds. The van der Waals surface area contributed by atoms with Crippen LogP contribution in [0.3, 0.4) is 0 Å². The summed E-state index contributed by atoms with van der Waals surface area (Å²) in [7, 11) is 0.888. The van der Waals surface area contributed by atoms with Gasteiger partial charge in [0.1, 0.15) is 0 Å². The zero-order valence-electron chi connectivity index (χ0n) is 21.9. The van der Waals surface area contributed by atoms with Gasteiger partial charge in [-0.25, -0.2) is 19.5 Å². The Kier molecular flexibility index (Phi) is 9.69. The molecule has 1 aliphatic heterocycles. The van der Waals surface area contributed by atoms with E-state index in [-0.39, 0.29) is 23.5 Å². The first-order chi connectivity index (χ1) is 19.0. The number of hydrazone groups is 1. The molecule has 41 heavy (non-hydrogen) atoms. The van der Waals surface area contributed by atoms with Crippen molar-refractivity contribution in [2.75, 3.05) is 30.6 Å². The van der Waals surface area contributed by atoms with E-state index in [0.717, 1.165) is 42.1 Å². The molecule has 0 radical (unpaired) electrons. The maximum absolute atomic E-state index is 13.7. The molecule has 0 bridgehead atoms. The summed E-state index contributed by atoms with van der Waals surface area (Å²) in [6.07, 6.45) is -6.45. The van der Waals surface area contributed by atoms with Gasteiger partial charge in [0.15, 0.2) is 0 Å². The average molecular weight is 624 g/mol. The van der Waals surface area contributed by atoms with E-state index in [1.54, 1.807) is 18.7 Å². The Morgan fingerprint density at radius 1 is 1.07 bits per heavy atom. The molecular formula is C26H24ClF6N3O4S. The van der Waals surface area contributed by atoms with E-state index in [1.165, 1.54) is 6.07 Å². The summed E-state index contributed by atoms with van der Waals surface area (Å²) >= 11 is 7.49. The van der Waals surface area contributed by atoms with Crippen molar-refractivity contribution in [1.29, 1.82) is 0 Å². The topological polar surface area (TPSA) is 79.3 Å². The van der Waals surface area contributed by atoms with Crippen molar-refractivity contribution < 1.29 is 45.5 Å².